The summed E-state index contributed by atoms with van der Waals surface area (Å²) in [5.41, 5.74) is 3.85. The predicted molar refractivity (Wildman–Crippen MR) is 119 cm³/mol. The standard InChI is InChI=1S/C23H17N5O4/c1-31-17-11-16(12-18(13-17)32-2)27-22(14-7-9-15(10-8-14)28(29)30)26-21-23(27)25-20-6-4-3-5-19(20)24-21/h3-13H,1-2H3. The number of para-hydroxylation sites is 2. The second kappa shape index (κ2) is 7.62. The highest BCUT2D eigenvalue weighted by molar-refractivity contribution is 5.86. The summed E-state index contributed by atoms with van der Waals surface area (Å²) in [5.74, 6) is 1.75. The third-order valence-electron chi connectivity index (χ3n) is 5.10. The number of nitrogens with zero attached hydrogens (tertiary/aromatic N) is 5. The third-order valence-corrected chi connectivity index (χ3v) is 5.10. The highest BCUT2D eigenvalue weighted by Crippen LogP contribution is 2.32. The summed E-state index contributed by atoms with van der Waals surface area (Å²) in [6.07, 6.45) is 0. The van der Waals surface area contributed by atoms with Crippen molar-refractivity contribution in [3.63, 3.8) is 0 Å². The first-order chi connectivity index (χ1) is 15.6. The molecule has 0 amide bonds. The van der Waals surface area contributed by atoms with Crippen LogP contribution in [0.5, 0.6) is 11.5 Å². The first-order valence-corrected chi connectivity index (χ1v) is 9.71. The molecule has 0 radical (unpaired) electrons. The molecule has 0 aliphatic carbocycles. The molecule has 0 spiro atoms. The van der Waals surface area contributed by atoms with E-state index in [4.69, 9.17) is 19.4 Å². The van der Waals surface area contributed by atoms with Gasteiger partial charge in [0.25, 0.3) is 5.69 Å². The molecule has 0 unspecified atom stereocenters. The average molecular weight is 427 g/mol. The van der Waals surface area contributed by atoms with Gasteiger partial charge < -0.3 is 9.47 Å². The first-order valence-electron chi connectivity index (χ1n) is 9.71. The number of hydrogen-bond acceptors (Lipinski definition) is 7. The van der Waals surface area contributed by atoms with Crippen LogP contribution in [0.15, 0.2) is 66.7 Å². The second-order valence-corrected chi connectivity index (χ2v) is 7.01. The zero-order chi connectivity index (χ0) is 22.2. The highest BCUT2D eigenvalue weighted by atomic mass is 16.6. The molecule has 5 aromatic rings. The molecule has 0 saturated heterocycles. The van der Waals surface area contributed by atoms with Crippen molar-refractivity contribution in [3.05, 3.63) is 76.8 Å². The van der Waals surface area contributed by atoms with E-state index in [-0.39, 0.29) is 5.69 Å². The van der Waals surface area contributed by atoms with Crippen molar-refractivity contribution in [1.82, 2.24) is 19.5 Å². The number of imidazole rings is 1. The van der Waals surface area contributed by atoms with Gasteiger partial charge in [0.1, 0.15) is 17.3 Å². The van der Waals surface area contributed by atoms with Gasteiger partial charge in [0.05, 0.1) is 35.9 Å². The fourth-order valence-corrected chi connectivity index (χ4v) is 3.55. The van der Waals surface area contributed by atoms with Crippen molar-refractivity contribution in [1.29, 1.82) is 0 Å². The Kier molecular flexibility index (Phi) is 4.63. The maximum atomic E-state index is 11.1. The van der Waals surface area contributed by atoms with Gasteiger partial charge in [-0.2, -0.15) is 0 Å². The van der Waals surface area contributed by atoms with Crippen molar-refractivity contribution in [3.8, 4) is 28.6 Å². The Hall–Kier alpha value is -4.53. The molecule has 3 aromatic carbocycles. The molecule has 5 rings (SSSR count). The first kappa shape index (κ1) is 19.4. The monoisotopic (exact) mass is 427 g/mol. The fraction of sp³-hybridized carbons (Fsp3) is 0.0870. The Morgan fingerprint density at radius 2 is 1.47 bits per heavy atom. The fourth-order valence-electron chi connectivity index (χ4n) is 3.55. The van der Waals surface area contributed by atoms with Crippen LogP contribution in [0, 0.1) is 10.1 Å². The van der Waals surface area contributed by atoms with Gasteiger partial charge in [-0.15, -0.1) is 0 Å². The van der Waals surface area contributed by atoms with Crippen LogP contribution in [0.1, 0.15) is 0 Å². The molecule has 2 aromatic heterocycles. The lowest BCUT2D eigenvalue weighted by Crippen LogP contribution is -2.01. The zero-order valence-electron chi connectivity index (χ0n) is 17.2. The molecule has 0 bridgehead atoms. The molecule has 0 N–H and O–H groups in total. The minimum Gasteiger partial charge on any atom is -0.497 e. The summed E-state index contributed by atoms with van der Waals surface area (Å²) in [6, 6.07) is 19.2. The molecule has 0 saturated carbocycles. The van der Waals surface area contributed by atoms with Crippen LogP contribution in [0.3, 0.4) is 0 Å². The maximum absolute atomic E-state index is 11.1. The summed E-state index contributed by atoms with van der Waals surface area (Å²) in [7, 11) is 3.16. The van der Waals surface area contributed by atoms with E-state index in [9.17, 15) is 10.1 Å². The van der Waals surface area contributed by atoms with Gasteiger partial charge in [0, 0.05) is 35.9 Å². The number of ether oxygens (including phenoxy) is 2. The molecule has 2 heterocycles. The Morgan fingerprint density at radius 1 is 0.844 bits per heavy atom. The molecule has 0 fully saturated rings. The number of fused-ring (bicyclic) bond motifs is 2. The Labute approximate surface area is 182 Å². The topological polar surface area (TPSA) is 105 Å². The SMILES string of the molecule is COc1cc(OC)cc(-n2c(-c3ccc([N+](=O)[O-])cc3)nc3nc4ccccc4nc32)c1. The summed E-state index contributed by atoms with van der Waals surface area (Å²) in [4.78, 5) is 24.9. The molecule has 0 atom stereocenters. The van der Waals surface area contributed by atoms with E-state index in [1.807, 2.05) is 41.0 Å². The van der Waals surface area contributed by atoms with Crippen molar-refractivity contribution in [2.75, 3.05) is 14.2 Å². The molecule has 0 aliphatic rings. The third kappa shape index (κ3) is 3.25. The Bertz CT molecular complexity index is 1460. The summed E-state index contributed by atoms with van der Waals surface area (Å²) in [5, 5.41) is 11.1. The van der Waals surface area contributed by atoms with E-state index in [1.165, 1.54) is 12.1 Å². The number of non-ortho nitro benzene ring substituents is 1. The Morgan fingerprint density at radius 3 is 2.06 bits per heavy atom. The van der Waals surface area contributed by atoms with Crippen LogP contribution in [-0.2, 0) is 0 Å². The normalized spacial score (nSPS) is 11.1. The van der Waals surface area contributed by atoms with E-state index in [2.05, 4.69) is 4.98 Å². The summed E-state index contributed by atoms with van der Waals surface area (Å²) < 4.78 is 12.7. The van der Waals surface area contributed by atoms with Gasteiger partial charge in [-0.25, -0.2) is 15.0 Å². The van der Waals surface area contributed by atoms with Gasteiger partial charge in [-0.05, 0) is 24.3 Å². The lowest BCUT2D eigenvalue weighted by Gasteiger charge is -2.12. The summed E-state index contributed by atoms with van der Waals surface area (Å²) in [6.45, 7) is 0. The van der Waals surface area contributed by atoms with Crippen LogP contribution in [0.4, 0.5) is 5.69 Å². The minimum absolute atomic E-state index is 0.00134. The van der Waals surface area contributed by atoms with Crippen molar-refractivity contribution < 1.29 is 14.4 Å². The van der Waals surface area contributed by atoms with Crippen LogP contribution < -0.4 is 9.47 Å². The van der Waals surface area contributed by atoms with Crippen LogP contribution >= 0.6 is 0 Å². The molecular weight excluding hydrogens is 410 g/mol. The van der Waals surface area contributed by atoms with E-state index < -0.39 is 4.92 Å². The number of nitro benzene ring substituents is 1. The number of nitro groups is 1. The molecular formula is C23H17N5O4. The summed E-state index contributed by atoms with van der Waals surface area (Å²) >= 11 is 0. The molecule has 9 nitrogen and oxygen atoms in total. The number of aromatic nitrogens is 4. The highest BCUT2D eigenvalue weighted by Gasteiger charge is 2.19. The van der Waals surface area contributed by atoms with E-state index in [1.54, 1.807) is 32.4 Å². The van der Waals surface area contributed by atoms with Crippen molar-refractivity contribution in [2.24, 2.45) is 0 Å². The van der Waals surface area contributed by atoms with E-state index in [0.29, 0.717) is 39.9 Å². The Balaban J connectivity index is 1.83. The number of methoxy groups -OCH3 is 2. The minimum atomic E-state index is -0.435. The molecule has 32 heavy (non-hydrogen) atoms. The van der Waals surface area contributed by atoms with Gasteiger partial charge in [0.15, 0.2) is 11.3 Å². The van der Waals surface area contributed by atoms with Crippen LogP contribution in [-0.4, -0.2) is 38.7 Å². The zero-order valence-corrected chi connectivity index (χ0v) is 17.2. The van der Waals surface area contributed by atoms with Gasteiger partial charge in [-0.3, -0.25) is 14.7 Å². The molecule has 0 aliphatic heterocycles. The molecule has 158 valence electrons. The lowest BCUT2D eigenvalue weighted by atomic mass is 10.2. The predicted octanol–water partition coefficient (Wildman–Crippen LogP) is 4.56. The van der Waals surface area contributed by atoms with E-state index >= 15 is 0 Å². The van der Waals surface area contributed by atoms with Gasteiger partial charge in [-0.1, -0.05) is 12.1 Å². The van der Waals surface area contributed by atoms with Crippen molar-refractivity contribution in [2.45, 2.75) is 0 Å². The molecule has 9 heteroatoms. The number of hydrogen-bond donors (Lipinski definition) is 0. The van der Waals surface area contributed by atoms with Crippen molar-refractivity contribution >= 4 is 28.0 Å². The lowest BCUT2D eigenvalue weighted by molar-refractivity contribution is -0.384. The van der Waals surface area contributed by atoms with Gasteiger partial charge in [0.2, 0.25) is 0 Å². The van der Waals surface area contributed by atoms with Crippen LogP contribution in [0.25, 0.3) is 39.4 Å². The second-order valence-electron chi connectivity index (χ2n) is 7.01. The average Bonchev–Trinajstić information content (AvgIpc) is 3.20. The maximum Gasteiger partial charge on any atom is 0.269 e. The smallest absolute Gasteiger partial charge is 0.269 e. The van der Waals surface area contributed by atoms with Gasteiger partial charge >= 0.3 is 0 Å². The number of benzene rings is 3. The van der Waals surface area contributed by atoms with Crippen LogP contribution in [0.2, 0.25) is 0 Å². The number of rotatable bonds is 5. The largest absolute Gasteiger partial charge is 0.497 e. The van der Waals surface area contributed by atoms with E-state index in [0.717, 1.165) is 11.0 Å². The quantitative estimate of drug-likeness (QED) is 0.299.